The summed E-state index contributed by atoms with van der Waals surface area (Å²) in [6.07, 6.45) is 6.09. The fourth-order valence-corrected chi connectivity index (χ4v) is 1.25. The van der Waals surface area contributed by atoms with E-state index in [1.54, 1.807) is 7.11 Å². The molecule has 1 fully saturated rings. The first-order valence-electron chi connectivity index (χ1n) is 4.06. The van der Waals surface area contributed by atoms with Crippen molar-refractivity contribution in [2.75, 3.05) is 13.7 Å². The van der Waals surface area contributed by atoms with Gasteiger partial charge in [-0.25, -0.2) is 0 Å². The molecule has 2 heteroatoms. The van der Waals surface area contributed by atoms with Crippen molar-refractivity contribution in [3.05, 3.63) is 12.2 Å². The Morgan fingerprint density at radius 3 is 2.64 bits per heavy atom. The lowest BCUT2D eigenvalue weighted by atomic mass is 10.0. The second kappa shape index (κ2) is 3.37. The molecule has 11 heavy (non-hydrogen) atoms. The van der Waals surface area contributed by atoms with Crippen LogP contribution < -0.4 is 0 Å². The van der Waals surface area contributed by atoms with Crippen LogP contribution >= 0.6 is 0 Å². The monoisotopic (exact) mass is 156 g/mol. The van der Waals surface area contributed by atoms with Gasteiger partial charge in [-0.15, -0.1) is 0 Å². The molecule has 1 saturated carbocycles. The summed E-state index contributed by atoms with van der Waals surface area (Å²) in [6.45, 7) is 2.50. The second-order valence-electron chi connectivity index (χ2n) is 3.27. The molecule has 0 amide bonds. The maximum Gasteiger partial charge on any atom is 0.0643 e. The molecule has 0 heterocycles. The van der Waals surface area contributed by atoms with Gasteiger partial charge in [-0.05, 0) is 19.8 Å². The highest BCUT2D eigenvalue weighted by atomic mass is 16.5. The lowest BCUT2D eigenvalue weighted by Crippen LogP contribution is -2.15. The van der Waals surface area contributed by atoms with Gasteiger partial charge in [-0.3, -0.25) is 0 Å². The molecule has 0 spiro atoms. The number of aliphatic hydroxyl groups excluding tert-OH is 1. The molecule has 0 aliphatic heterocycles. The Kier molecular flexibility index (Phi) is 2.68. The Morgan fingerprint density at radius 2 is 2.27 bits per heavy atom. The molecule has 1 N–H and O–H groups in total. The molecule has 1 unspecified atom stereocenters. The van der Waals surface area contributed by atoms with E-state index in [-0.39, 0.29) is 11.5 Å². The summed E-state index contributed by atoms with van der Waals surface area (Å²) in [5.74, 6) is 0. The normalized spacial score (nSPS) is 23.9. The summed E-state index contributed by atoms with van der Waals surface area (Å²) in [7, 11) is 1.67. The Morgan fingerprint density at radius 1 is 1.64 bits per heavy atom. The van der Waals surface area contributed by atoms with Crippen LogP contribution in [0, 0.1) is 5.41 Å². The molecule has 0 radical (unpaired) electrons. The fourth-order valence-electron chi connectivity index (χ4n) is 1.25. The number of ether oxygens (including phenoxy) is 1. The minimum Gasteiger partial charge on any atom is -0.393 e. The van der Waals surface area contributed by atoms with Gasteiger partial charge in [-0.1, -0.05) is 12.2 Å². The number of methoxy groups -OCH3 is 1. The molecular weight excluding hydrogens is 140 g/mol. The highest BCUT2D eigenvalue weighted by Gasteiger charge is 2.44. The Bertz CT molecular complexity index is 146. The van der Waals surface area contributed by atoms with Crippen molar-refractivity contribution in [2.24, 2.45) is 5.41 Å². The summed E-state index contributed by atoms with van der Waals surface area (Å²) in [5.41, 5.74) is 0.0958. The zero-order valence-corrected chi connectivity index (χ0v) is 7.21. The van der Waals surface area contributed by atoms with Crippen LogP contribution in [0.1, 0.15) is 19.8 Å². The van der Waals surface area contributed by atoms with E-state index in [1.165, 1.54) is 0 Å². The molecule has 1 atom stereocenters. The van der Waals surface area contributed by atoms with Gasteiger partial charge in [0.2, 0.25) is 0 Å². The van der Waals surface area contributed by atoms with Crippen LogP contribution in [0.4, 0.5) is 0 Å². The predicted molar refractivity (Wildman–Crippen MR) is 44.4 cm³/mol. The first-order valence-corrected chi connectivity index (χ1v) is 4.06. The van der Waals surface area contributed by atoms with Gasteiger partial charge in [0, 0.05) is 12.5 Å². The van der Waals surface area contributed by atoms with Gasteiger partial charge in [0.15, 0.2) is 0 Å². The maximum atomic E-state index is 9.35. The lowest BCUT2D eigenvalue weighted by molar-refractivity contribution is 0.136. The molecule has 0 aromatic carbocycles. The summed E-state index contributed by atoms with van der Waals surface area (Å²) < 4.78 is 4.88. The van der Waals surface area contributed by atoms with Crippen molar-refractivity contribution in [1.82, 2.24) is 0 Å². The van der Waals surface area contributed by atoms with E-state index in [1.807, 2.05) is 13.0 Å². The van der Waals surface area contributed by atoms with Crippen LogP contribution in [0.2, 0.25) is 0 Å². The maximum absolute atomic E-state index is 9.35. The van der Waals surface area contributed by atoms with E-state index >= 15 is 0 Å². The third kappa shape index (κ3) is 2.04. The van der Waals surface area contributed by atoms with E-state index < -0.39 is 0 Å². The molecule has 0 aromatic heterocycles. The van der Waals surface area contributed by atoms with Crippen LogP contribution in [0.25, 0.3) is 0 Å². The van der Waals surface area contributed by atoms with Crippen LogP contribution in [-0.4, -0.2) is 24.9 Å². The standard InChI is InChI=1S/C9H16O2/c1-8(10)9(5-6-9)4-3-7-11-2/h3-4,8,10H,5-7H2,1-2H3/b4-3+. The summed E-state index contributed by atoms with van der Waals surface area (Å²) in [6, 6.07) is 0. The Labute approximate surface area is 67.9 Å². The summed E-state index contributed by atoms with van der Waals surface area (Å²) >= 11 is 0. The number of hydrogen-bond donors (Lipinski definition) is 1. The van der Waals surface area contributed by atoms with Gasteiger partial charge < -0.3 is 9.84 Å². The first kappa shape index (κ1) is 8.75. The molecule has 1 aliphatic carbocycles. The molecule has 1 aliphatic rings. The van der Waals surface area contributed by atoms with Crippen molar-refractivity contribution in [3.8, 4) is 0 Å². The average molecular weight is 156 g/mol. The van der Waals surface area contributed by atoms with E-state index in [4.69, 9.17) is 4.74 Å². The highest BCUT2D eigenvalue weighted by molar-refractivity contribution is 5.12. The number of aliphatic hydroxyl groups is 1. The van der Waals surface area contributed by atoms with Crippen molar-refractivity contribution < 1.29 is 9.84 Å². The van der Waals surface area contributed by atoms with Crippen molar-refractivity contribution in [1.29, 1.82) is 0 Å². The largest absolute Gasteiger partial charge is 0.393 e. The second-order valence-corrected chi connectivity index (χ2v) is 3.27. The molecule has 0 saturated heterocycles. The molecule has 1 rings (SSSR count). The highest BCUT2D eigenvalue weighted by Crippen LogP contribution is 2.49. The van der Waals surface area contributed by atoms with Gasteiger partial charge in [0.05, 0.1) is 12.7 Å². The molecule has 64 valence electrons. The smallest absolute Gasteiger partial charge is 0.0643 e. The van der Waals surface area contributed by atoms with Crippen molar-refractivity contribution >= 4 is 0 Å². The van der Waals surface area contributed by atoms with Gasteiger partial charge in [0.25, 0.3) is 0 Å². The van der Waals surface area contributed by atoms with Crippen molar-refractivity contribution in [3.63, 3.8) is 0 Å². The quantitative estimate of drug-likeness (QED) is 0.622. The topological polar surface area (TPSA) is 29.5 Å². The molecular formula is C9H16O2. The van der Waals surface area contributed by atoms with Crippen LogP contribution in [0.15, 0.2) is 12.2 Å². The summed E-state index contributed by atoms with van der Waals surface area (Å²) in [4.78, 5) is 0. The number of hydrogen-bond acceptors (Lipinski definition) is 2. The SMILES string of the molecule is COC/C=C/C1(C(C)O)CC1. The lowest BCUT2D eigenvalue weighted by Gasteiger charge is -2.12. The number of rotatable bonds is 4. The van der Waals surface area contributed by atoms with Gasteiger partial charge >= 0.3 is 0 Å². The Hall–Kier alpha value is -0.340. The predicted octanol–water partition coefficient (Wildman–Crippen LogP) is 1.35. The zero-order chi connectivity index (χ0) is 8.32. The minimum absolute atomic E-state index is 0.0958. The zero-order valence-electron chi connectivity index (χ0n) is 7.21. The van der Waals surface area contributed by atoms with Crippen LogP contribution in [0.5, 0.6) is 0 Å². The minimum atomic E-state index is -0.212. The van der Waals surface area contributed by atoms with E-state index in [0.717, 1.165) is 12.8 Å². The van der Waals surface area contributed by atoms with E-state index in [0.29, 0.717) is 6.61 Å². The van der Waals surface area contributed by atoms with Gasteiger partial charge in [-0.2, -0.15) is 0 Å². The average Bonchev–Trinajstić information content (AvgIpc) is 2.70. The van der Waals surface area contributed by atoms with E-state index in [9.17, 15) is 5.11 Å². The van der Waals surface area contributed by atoms with E-state index in [2.05, 4.69) is 6.08 Å². The Balaban J connectivity index is 2.35. The van der Waals surface area contributed by atoms with Crippen molar-refractivity contribution in [2.45, 2.75) is 25.9 Å². The third-order valence-electron chi connectivity index (χ3n) is 2.37. The fraction of sp³-hybridized carbons (Fsp3) is 0.778. The van der Waals surface area contributed by atoms with Gasteiger partial charge in [0.1, 0.15) is 0 Å². The third-order valence-corrected chi connectivity index (χ3v) is 2.37. The molecule has 2 nitrogen and oxygen atoms in total. The van der Waals surface area contributed by atoms with Crippen LogP contribution in [0.3, 0.4) is 0 Å². The molecule has 0 aromatic rings. The first-order chi connectivity index (χ1) is 5.21. The summed E-state index contributed by atoms with van der Waals surface area (Å²) in [5, 5.41) is 9.35. The molecule has 0 bridgehead atoms. The van der Waals surface area contributed by atoms with Crippen LogP contribution in [-0.2, 0) is 4.74 Å².